The second-order valence-electron chi connectivity index (χ2n) is 6.76. The molecule has 2 N–H and O–H groups in total. The van der Waals surface area contributed by atoms with Crippen LogP contribution in [0.5, 0.6) is 0 Å². The number of alkyl halides is 6. The Morgan fingerprint density at radius 2 is 1.48 bits per heavy atom. The first kappa shape index (κ1) is 28.0. The molecule has 0 aromatic carbocycles. The third-order valence-electron chi connectivity index (χ3n) is 3.63. The molecular formula is C13H20Br6ClO4P. The number of halogens is 7. The summed E-state index contributed by atoms with van der Waals surface area (Å²) in [6, 6.07) is 0. The molecule has 0 aliphatic carbocycles. The van der Waals surface area contributed by atoms with Crippen molar-refractivity contribution in [3.8, 4) is 0 Å². The molecule has 0 aromatic heterocycles. The molecule has 1 unspecified atom stereocenters. The minimum atomic E-state index is -4.77. The van der Waals surface area contributed by atoms with Crippen LogP contribution in [0.4, 0.5) is 0 Å². The molecule has 12 heteroatoms. The quantitative estimate of drug-likeness (QED) is 0.189. The Balaban J connectivity index is 6.17. The molecule has 1 atom stereocenters. The van der Waals surface area contributed by atoms with Crippen LogP contribution in [0, 0.1) is 10.8 Å². The molecular weight excluding hydrogens is 766 g/mol. The van der Waals surface area contributed by atoms with Crippen LogP contribution >= 0.6 is 115 Å². The number of rotatable bonds is 9. The Kier molecular flexibility index (Phi) is 11.1. The molecule has 0 radical (unpaired) electrons. The Hall–Kier alpha value is 3.02. The highest BCUT2D eigenvalue weighted by molar-refractivity contribution is 9.26. The van der Waals surface area contributed by atoms with E-state index in [0.717, 1.165) is 0 Å². The summed E-state index contributed by atoms with van der Waals surface area (Å²) >= 11 is 27.6. The van der Waals surface area contributed by atoms with Gasteiger partial charge >= 0.3 is 7.82 Å². The summed E-state index contributed by atoms with van der Waals surface area (Å²) in [6.07, 6.45) is 0.400. The molecule has 0 aromatic rings. The lowest BCUT2D eigenvalue weighted by atomic mass is 9.87. The van der Waals surface area contributed by atoms with Gasteiger partial charge in [0.1, 0.15) is 12.6 Å². The minimum absolute atomic E-state index is 0.295. The molecule has 0 saturated heterocycles. The SMILES string of the molecule is CC(C)(CBr)C(Br)(Br)C(Cl)=CC(OP(=O)(O)O)C(Br)(Br)C(C)(C)CBr. The Bertz CT molecular complexity index is 547. The zero-order chi connectivity index (χ0) is 20.5. The smallest absolute Gasteiger partial charge is 0.303 e. The van der Waals surface area contributed by atoms with E-state index in [1.165, 1.54) is 6.08 Å². The average Bonchev–Trinajstić information content (AvgIpc) is 2.44. The molecule has 0 spiro atoms. The summed E-state index contributed by atoms with van der Waals surface area (Å²) < 4.78 is 14.7. The third-order valence-corrected chi connectivity index (χ3v) is 13.8. The van der Waals surface area contributed by atoms with Crippen LogP contribution in [-0.2, 0) is 9.09 Å². The Labute approximate surface area is 204 Å². The van der Waals surface area contributed by atoms with Gasteiger partial charge in [0.05, 0.1) is 0 Å². The monoisotopic (exact) mass is 780 g/mol. The van der Waals surface area contributed by atoms with Crippen LogP contribution in [0.1, 0.15) is 27.7 Å². The number of phosphoric acid groups is 1. The molecule has 4 nitrogen and oxygen atoms in total. The van der Waals surface area contributed by atoms with Gasteiger partial charge in [0.25, 0.3) is 0 Å². The fraction of sp³-hybridized carbons (Fsp3) is 0.846. The zero-order valence-electron chi connectivity index (χ0n) is 13.9. The highest BCUT2D eigenvalue weighted by Crippen LogP contribution is 2.56. The van der Waals surface area contributed by atoms with E-state index in [4.69, 9.17) is 16.1 Å². The first-order valence-corrected chi connectivity index (χ1v) is 14.2. The zero-order valence-corrected chi connectivity index (χ0v) is 25.0. The average molecular weight is 786 g/mol. The maximum atomic E-state index is 11.5. The maximum Gasteiger partial charge on any atom is 0.470 e. The summed E-state index contributed by atoms with van der Waals surface area (Å²) in [7, 11) is -4.77. The highest BCUT2D eigenvalue weighted by atomic mass is 79.9. The molecule has 0 amide bonds. The van der Waals surface area contributed by atoms with E-state index in [-0.39, 0.29) is 5.41 Å². The van der Waals surface area contributed by atoms with Gasteiger partial charge in [-0.2, -0.15) is 0 Å². The lowest BCUT2D eigenvalue weighted by Gasteiger charge is -2.42. The molecule has 0 fully saturated rings. The predicted octanol–water partition coefficient (Wildman–Crippen LogP) is 7.40. The molecule has 0 aliphatic rings. The van der Waals surface area contributed by atoms with Crippen molar-refractivity contribution in [2.24, 2.45) is 10.8 Å². The van der Waals surface area contributed by atoms with Crippen molar-refractivity contribution in [2.45, 2.75) is 40.3 Å². The van der Waals surface area contributed by atoms with Gasteiger partial charge in [-0.3, -0.25) is 4.52 Å². The van der Waals surface area contributed by atoms with Crippen LogP contribution in [0.15, 0.2) is 11.1 Å². The molecule has 25 heavy (non-hydrogen) atoms. The van der Waals surface area contributed by atoms with E-state index in [2.05, 4.69) is 95.6 Å². The van der Waals surface area contributed by atoms with E-state index in [9.17, 15) is 14.4 Å². The van der Waals surface area contributed by atoms with E-state index in [1.54, 1.807) is 0 Å². The fourth-order valence-corrected chi connectivity index (χ4v) is 6.29. The largest absolute Gasteiger partial charge is 0.470 e. The van der Waals surface area contributed by atoms with Crippen molar-refractivity contribution in [1.29, 1.82) is 0 Å². The number of hydrogen-bond acceptors (Lipinski definition) is 2. The lowest BCUT2D eigenvalue weighted by Crippen LogP contribution is -2.45. The topological polar surface area (TPSA) is 66.8 Å². The summed E-state index contributed by atoms with van der Waals surface area (Å²) in [6.45, 7) is 7.75. The number of phosphoric ester groups is 1. The highest BCUT2D eigenvalue weighted by Gasteiger charge is 2.50. The minimum Gasteiger partial charge on any atom is -0.303 e. The molecule has 0 bridgehead atoms. The summed E-state index contributed by atoms with van der Waals surface area (Å²) in [5.74, 6) is 0. The van der Waals surface area contributed by atoms with Crippen molar-refractivity contribution in [2.75, 3.05) is 10.7 Å². The van der Waals surface area contributed by atoms with Gasteiger partial charge in [-0.25, -0.2) is 4.57 Å². The number of allylic oxidation sites excluding steroid dienone is 1. The second-order valence-corrected chi connectivity index (χ2v) is 16.5. The number of hydrogen-bond donors (Lipinski definition) is 2. The Morgan fingerprint density at radius 3 is 1.80 bits per heavy atom. The normalized spacial score (nSPS) is 16.9. The predicted molar refractivity (Wildman–Crippen MR) is 127 cm³/mol. The van der Waals surface area contributed by atoms with E-state index in [1.807, 2.05) is 27.7 Å². The van der Waals surface area contributed by atoms with Crippen LogP contribution in [0.2, 0.25) is 0 Å². The first-order valence-electron chi connectivity index (χ1n) is 6.85. The molecule has 0 aliphatic heterocycles. The summed E-state index contributed by atoms with van der Waals surface area (Å²) in [5.41, 5.74) is -0.855. The van der Waals surface area contributed by atoms with E-state index in [0.29, 0.717) is 15.7 Å². The third kappa shape index (κ3) is 7.34. The fourth-order valence-electron chi connectivity index (χ4n) is 1.47. The van der Waals surface area contributed by atoms with Crippen molar-refractivity contribution >= 4 is 115 Å². The second kappa shape index (κ2) is 9.88. The first-order chi connectivity index (χ1) is 10.9. The van der Waals surface area contributed by atoms with Crippen LogP contribution in [0.3, 0.4) is 0 Å². The van der Waals surface area contributed by atoms with Crippen LogP contribution in [-0.4, -0.2) is 33.0 Å². The van der Waals surface area contributed by atoms with E-state index >= 15 is 0 Å². The molecule has 0 saturated carbocycles. The van der Waals surface area contributed by atoms with Crippen LogP contribution < -0.4 is 0 Å². The molecule has 0 rings (SSSR count). The molecule has 150 valence electrons. The van der Waals surface area contributed by atoms with E-state index < -0.39 is 25.8 Å². The van der Waals surface area contributed by atoms with Crippen LogP contribution in [0.25, 0.3) is 0 Å². The van der Waals surface area contributed by atoms with Gasteiger partial charge < -0.3 is 9.79 Å². The van der Waals surface area contributed by atoms with Crippen molar-refractivity contribution in [3.63, 3.8) is 0 Å². The van der Waals surface area contributed by atoms with Gasteiger partial charge in [0, 0.05) is 26.5 Å². The van der Waals surface area contributed by atoms with Gasteiger partial charge in [0.15, 0.2) is 0 Å². The molecule has 0 heterocycles. The van der Waals surface area contributed by atoms with Gasteiger partial charge in [0.2, 0.25) is 0 Å². The Morgan fingerprint density at radius 1 is 1.08 bits per heavy atom. The van der Waals surface area contributed by atoms with Crippen molar-refractivity contribution in [1.82, 2.24) is 0 Å². The summed E-state index contributed by atoms with van der Waals surface area (Å²) in [5, 5.41) is 1.44. The van der Waals surface area contributed by atoms with Gasteiger partial charge in [-0.1, -0.05) is 135 Å². The van der Waals surface area contributed by atoms with Crippen molar-refractivity contribution < 1.29 is 18.9 Å². The van der Waals surface area contributed by atoms with Gasteiger partial charge in [-0.15, -0.1) is 0 Å². The summed E-state index contributed by atoms with van der Waals surface area (Å²) in [4.78, 5) is 18.7. The maximum absolute atomic E-state index is 11.5. The van der Waals surface area contributed by atoms with Crippen molar-refractivity contribution in [3.05, 3.63) is 11.1 Å². The van der Waals surface area contributed by atoms with Gasteiger partial charge in [-0.05, 0) is 6.08 Å². The standard InChI is InChI=1S/C13H20Br6ClO4P/c1-10(2,6-14)12(16,17)8(20)5-9(24-25(21,22)23)13(18,19)11(3,4)7-15/h5,9H,6-7H2,1-4H3,(H2,21,22,23). The lowest BCUT2D eigenvalue weighted by molar-refractivity contribution is 0.130.